The summed E-state index contributed by atoms with van der Waals surface area (Å²) in [5, 5.41) is 0. The van der Waals surface area contributed by atoms with E-state index < -0.39 is 11.9 Å². The molecule has 74 valence electrons. The van der Waals surface area contributed by atoms with Gasteiger partial charge in [0.25, 0.3) is 0 Å². The van der Waals surface area contributed by atoms with E-state index in [1.54, 1.807) is 0 Å². The van der Waals surface area contributed by atoms with Crippen LogP contribution in [0.15, 0.2) is 10.7 Å². The van der Waals surface area contributed by atoms with E-state index in [1.807, 2.05) is 13.8 Å². The Morgan fingerprint density at radius 3 is 2.46 bits per heavy atom. The molecule has 0 aliphatic heterocycles. The molecular weight excluding hydrogens is 183 g/mol. The molecule has 0 fully saturated rings. The van der Waals surface area contributed by atoms with Gasteiger partial charge in [-0.05, 0) is 5.92 Å². The van der Waals surface area contributed by atoms with E-state index in [0.717, 1.165) is 0 Å². The number of hydrogen-bond acceptors (Lipinski definition) is 2. The number of nitrogens with zero attached hydrogens (tertiary/aromatic N) is 1. The predicted octanol–water partition coefficient (Wildman–Crippen LogP) is 2.89. The lowest BCUT2D eigenvalue weighted by molar-refractivity contribution is -0.141. The summed E-state index contributed by atoms with van der Waals surface area (Å²) in [7, 11) is 0. The van der Waals surface area contributed by atoms with Crippen LogP contribution in [0.2, 0.25) is 0 Å². The van der Waals surface area contributed by atoms with Crippen molar-refractivity contribution in [3.05, 3.63) is 17.8 Å². The van der Waals surface area contributed by atoms with Gasteiger partial charge in [-0.3, -0.25) is 0 Å². The quantitative estimate of drug-likeness (QED) is 0.721. The van der Waals surface area contributed by atoms with Crippen LogP contribution >= 0.6 is 0 Å². The van der Waals surface area contributed by atoms with Gasteiger partial charge in [0.1, 0.15) is 6.26 Å². The second-order valence-electron chi connectivity index (χ2n) is 3.22. The Morgan fingerprint density at radius 2 is 2.08 bits per heavy atom. The predicted molar refractivity (Wildman–Crippen MR) is 40.0 cm³/mol. The van der Waals surface area contributed by atoms with Gasteiger partial charge in [-0.15, -0.1) is 0 Å². The van der Waals surface area contributed by atoms with Crippen LogP contribution < -0.4 is 0 Å². The van der Waals surface area contributed by atoms with Gasteiger partial charge in [0.15, 0.2) is 11.6 Å². The van der Waals surface area contributed by atoms with Crippen LogP contribution in [-0.2, 0) is 12.6 Å². The van der Waals surface area contributed by atoms with Crippen molar-refractivity contribution in [3.8, 4) is 0 Å². The molecular formula is C8H10F3NO. The normalized spacial score (nSPS) is 12.5. The monoisotopic (exact) mass is 193 g/mol. The van der Waals surface area contributed by atoms with E-state index in [1.165, 1.54) is 0 Å². The van der Waals surface area contributed by atoms with Crippen LogP contribution in [0.1, 0.15) is 25.4 Å². The standard InChI is InChI=1S/C8H10F3NO/c1-5(2)3-7-12-6(4-13-7)8(9,10)11/h4-5H,3H2,1-2H3. The van der Waals surface area contributed by atoms with Gasteiger partial charge in [0, 0.05) is 6.42 Å². The molecule has 1 rings (SSSR count). The lowest BCUT2D eigenvalue weighted by Crippen LogP contribution is -2.05. The van der Waals surface area contributed by atoms with Crippen LogP contribution in [0, 0.1) is 5.92 Å². The average molecular weight is 193 g/mol. The highest BCUT2D eigenvalue weighted by atomic mass is 19.4. The highest BCUT2D eigenvalue weighted by Gasteiger charge is 2.34. The Bertz CT molecular complexity index is 277. The molecule has 0 aliphatic carbocycles. The van der Waals surface area contributed by atoms with Crippen molar-refractivity contribution in [2.45, 2.75) is 26.4 Å². The Hall–Kier alpha value is -1.00. The van der Waals surface area contributed by atoms with Crippen molar-refractivity contribution < 1.29 is 17.6 Å². The van der Waals surface area contributed by atoms with Gasteiger partial charge in [-0.25, -0.2) is 4.98 Å². The number of alkyl halides is 3. The third-order valence-electron chi connectivity index (χ3n) is 1.43. The van der Waals surface area contributed by atoms with Crippen LogP contribution in [0.25, 0.3) is 0 Å². The van der Waals surface area contributed by atoms with E-state index in [0.29, 0.717) is 12.7 Å². The highest BCUT2D eigenvalue weighted by Crippen LogP contribution is 2.28. The van der Waals surface area contributed by atoms with Gasteiger partial charge in [0.05, 0.1) is 0 Å². The smallest absolute Gasteiger partial charge is 0.436 e. The van der Waals surface area contributed by atoms with Gasteiger partial charge >= 0.3 is 6.18 Å². The fourth-order valence-electron chi connectivity index (χ4n) is 0.884. The molecule has 1 heterocycles. The minimum absolute atomic E-state index is 0.141. The summed E-state index contributed by atoms with van der Waals surface area (Å²) in [5.74, 6) is 0.377. The van der Waals surface area contributed by atoms with Crippen LogP contribution in [0.4, 0.5) is 13.2 Å². The van der Waals surface area contributed by atoms with E-state index in [4.69, 9.17) is 0 Å². The fraction of sp³-hybridized carbons (Fsp3) is 0.625. The van der Waals surface area contributed by atoms with Crippen LogP contribution in [0.3, 0.4) is 0 Å². The summed E-state index contributed by atoms with van der Waals surface area (Å²) in [5.41, 5.74) is -0.955. The molecule has 0 bridgehead atoms. The Kier molecular flexibility index (Phi) is 2.63. The molecule has 5 heteroatoms. The van der Waals surface area contributed by atoms with Gasteiger partial charge in [-0.1, -0.05) is 13.8 Å². The minimum Gasteiger partial charge on any atom is -0.448 e. The van der Waals surface area contributed by atoms with Crippen LogP contribution in [-0.4, -0.2) is 4.98 Å². The summed E-state index contributed by atoms with van der Waals surface area (Å²) in [6.07, 6.45) is -3.33. The molecule has 2 nitrogen and oxygen atoms in total. The number of rotatable bonds is 2. The molecule has 0 N–H and O–H groups in total. The SMILES string of the molecule is CC(C)Cc1nc(C(F)(F)F)co1. The third kappa shape index (κ3) is 2.75. The lowest BCUT2D eigenvalue weighted by atomic mass is 10.1. The Morgan fingerprint density at radius 1 is 1.46 bits per heavy atom. The first-order valence-corrected chi connectivity index (χ1v) is 3.91. The van der Waals surface area contributed by atoms with Crippen molar-refractivity contribution >= 4 is 0 Å². The zero-order chi connectivity index (χ0) is 10.1. The summed E-state index contributed by atoms with van der Waals surface area (Å²) in [6, 6.07) is 0. The number of hydrogen-bond donors (Lipinski definition) is 0. The molecule has 0 unspecified atom stereocenters. The van der Waals surface area contributed by atoms with Crippen molar-refractivity contribution in [1.29, 1.82) is 0 Å². The molecule has 0 amide bonds. The van der Waals surface area contributed by atoms with Crippen LogP contribution in [0.5, 0.6) is 0 Å². The van der Waals surface area contributed by atoms with Crippen molar-refractivity contribution in [3.63, 3.8) is 0 Å². The number of aromatic nitrogens is 1. The summed E-state index contributed by atoms with van der Waals surface area (Å²) >= 11 is 0. The third-order valence-corrected chi connectivity index (χ3v) is 1.43. The van der Waals surface area contributed by atoms with E-state index in [-0.39, 0.29) is 11.8 Å². The Labute approximate surface area is 73.8 Å². The highest BCUT2D eigenvalue weighted by molar-refractivity contribution is 5.01. The van der Waals surface area contributed by atoms with Crippen molar-refractivity contribution in [2.24, 2.45) is 5.92 Å². The van der Waals surface area contributed by atoms with Crippen molar-refractivity contribution in [1.82, 2.24) is 4.98 Å². The molecule has 1 aromatic heterocycles. The average Bonchev–Trinajstić information content (AvgIpc) is 2.32. The zero-order valence-corrected chi connectivity index (χ0v) is 7.35. The van der Waals surface area contributed by atoms with E-state index in [9.17, 15) is 13.2 Å². The zero-order valence-electron chi connectivity index (χ0n) is 7.35. The molecule has 0 aromatic carbocycles. The maximum absolute atomic E-state index is 12.0. The van der Waals surface area contributed by atoms with Gasteiger partial charge in [0.2, 0.25) is 0 Å². The minimum atomic E-state index is -4.40. The first-order chi connectivity index (χ1) is 5.89. The first-order valence-electron chi connectivity index (χ1n) is 3.91. The van der Waals surface area contributed by atoms with E-state index >= 15 is 0 Å². The molecule has 0 saturated carbocycles. The van der Waals surface area contributed by atoms with Gasteiger partial charge in [-0.2, -0.15) is 13.2 Å². The maximum atomic E-state index is 12.0. The van der Waals surface area contributed by atoms with Crippen molar-refractivity contribution in [2.75, 3.05) is 0 Å². The molecule has 13 heavy (non-hydrogen) atoms. The first kappa shape index (κ1) is 10.1. The largest absolute Gasteiger partial charge is 0.448 e. The summed E-state index contributed by atoms with van der Waals surface area (Å²) in [4.78, 5) is 3.33. The fourth-order valence-corrected chi connectivity index (χ4v) is 0.884. The molecule has 0 radical (unpaired) electrons. The Balaban J connectivity index is 2.75. The molecule has 0 aliphatic rings. The number of halogens is 3. The second kappa shape index (κ2) is 3.40. The molecule has 1 aromatic rings. The number of oxazole rings is 1. The molecule has 0 saturated heterocycles. The maximum Gasteiger partial charge on any atom is 0.436 e. The topological polar surface area (TPSA) is 26.0 Å². The van der Waals surface area contributed by atoms with E-state index in [2.05, 4.69) is 9.40 Å². The molecule has 0 spiro atoms. The van der Waals surface area contributed by atoms with Gasteiger partial charge < -0.3 is 4.42 Å². The summed E-state index contributed by atoms with van der Waals surface area (Å²) in [6.45, 7) is 3.77. The second-order valence-corrected chi connectivity index (χ2v) is 3.22. The lowest BCUT2D eigenvalue weighted by Gasteiger charge is -1.99. The summed E-state index contributed by atoms with van der Waals surface area (Å²) < 4.78 is 40.7. The molecule has 0 atom stereocenters.